The Morgan fingerprint density at radius 1 is 1.06 bits per heavy atom. The van der Waals surface area contributed by atoms with Gasteiger partial charge in [-0.1, -0.05) is 30.3 Å². The average Bonchev–Trinajstić information content (AvgIpc) is 3.45. The summed E-state index contributed by atoms with van der Waals surface area (Å²) in [6, 6.07) is 15.9. The lowest BCUT2D eigenvalue weighted by Crippen LogP contribution is -2.28. The van der Waals surface area contributed by atoms with Crippen molar-refractivity contribution >= 4 is 28.1 Å². The van der Waals surface area contributed by atoms with Gasteiger partial charge in [0.25, 0.3) is 5.91 Å². The maximum atomic E-state index is 12.6. The largest absolute Gasteiger partial charge is 0.345 e. The highest BCUT2D eigenvalue weighted by molar-refractivity contribution is 7.89. The number of carbonyl (C=O) groups is 1. The molecule has 4 rings (SSSR count). The van der Waals surface area contributed by atoms with Gasteiger partial charge in [0, 0.05) is 18.7 Å². The molecular formula is C21H23N5O3S2. The van der Waals surface area contributed by atoms with Crippen molar-refractivity contribution in [2.24, 2.45) is 0 Å². The Labute approximate surface area is 186 Å². The average molecular weight is 458 g/mol. The molecule has 1 amide bonds. The zero-order valence-corrected chi connectivity index (χ0v) is 18.5. The normalized spacial score (nSPS) is 14.6. The van der Waals surface area contributed by atoms with Gasteiger partial charge in [0.1, 0.15) is 0 Å². The number of sulfonamides is 1. The molecule has 1 aromatic heterocycles. The summed E-state index contributed by atoms with van der Waals surface area (Å²) in [5.41, 5.74) is 1.45. The molecule has 0 atom stereocenters. The second kappa shape index (κ2) is 9.13. The Balaban J connectivity index is 1.42. The standard InChI is InChI=1S/C21H23N5O3S2/c27-20(17-8-10-18(11-9-17)31(28,29)25-12-4-5-13-25)22-14-19-23-24-21(30)26(19)15-16-6-2-1-3-7-16/h1-3,6-11H,4-5,12-15H2,(H,22,27)(H,24,30). The van der Waals surface area contributed by atoms with E-state index >= 15 is 0 Å². The van der Waals surface area contributed by atoms with Crippen LogP contribution in [0.4, 0.5) is 0 Å². The summed E-state index contributed by atoms with van der Waals surface area (Å²) in [5.74, 6) is 0.292. The fourth-order valence-corrected chi connectivity index (χ4v) is 5.26. The van der Waals surface area contributed by atoms with Crippen LogP contribution in [0.15, 0.2) is 59.5 Å². The maximum Gasteiger partial charge on any atom is 0.251 e. The Morgan fingerprint density at radius 3 is 2.42 bits per heavy atom. The van der Waals surface area contributed by atoms with Crippen molar-refractivity contribution in [3.8, 4) is 0 Å². The third kappa shape index (κ3) is 4.76. The van der Waals surface area contributed by atoms with Gasteiger partial charge in [0.15, 0.2) is 10.6 Å². The molecule has 0 spiro atoms. The van der Waals surface area contributed by atoms with E-state index in [-0.39, 0.29) is 17.3 Å². The number of rotatable bonds is 7. The fourth-order valence-electron chi connectivity index (χ4n) is 3.53. The van der Waals surface area contributed by atoms with E-state index in [9.17, 15) is 13.2 Å². The van der Waals surface area contributed by atoms with E-state index in [2.05, 4.69) is 15.5 Å². The minimum atomic E-state index is -3.50. The summed E-state index contributed by atoms with van der Waals surface area (Å²) in [4.78, 5) is 12.8. The predicted molar refractivity (Wildman–Crippen MR) is 119 cm³/mol. The Hall–Kier alpha value is -2.82. The van der Waals surface area contributed by atoms with Gasteiger partial charge in [0.05, 0.1) is 18.0 Å². The van der Waals surface area contributed by atoms with E-state index in [0.717, 1.165) is 18.4 Å². The minimum Gasteiger partial charge on any atom is -0.345 e. The van der Waals surface area contributed by atoms with Gasteiger partial charge in [-0.2, -0.15) is 9.40 Å². The number of carbonyl (C=O) groups excluding carboxylic acids is 1. The molecule has 2 N–H and O–H groups in total. The molecule has 0 unspecified atom stereocenters. The molecule has 3 aromatic rings. The molecule has 0 bridgehead atoms. The first-order valence-corrected chi connectivity index (χ1v) is 11.9. The van der Waals surface area contributed by atoms with Crippen molar-refractivity contribution in [3.63, 3.8) is 0 Å². The van der Waals surface area contributed by atoms with E-state index in [0.29, 0.717) is 35.8 Å². The lowest BCUT2D eigenvalue weighted by Gasteiger charge is -2.15. The smallest absolute Gasteiger partial charge is 0.251 e. The predicted octanol–water partition coefficient (Wildman–Crippen LogP) is 2.70. The summed E-state index contributed by atoms with van der Waals surface area (Å²) < 4.78 is 29.0. The number of aromatic amines is 1. The van der Waals surface area contributed by atoms with Crippen LogP contribution in [0.3, 0.4) is 0 Å². The molecular weight excluding hydrogens is 434 g/mol. The maximum absolute atomic E-state index is 12.6. The van der Waals surface area contributed by atoms with Crippen LogP contribution >= 0.6 is 12.2 Å². The number of H-pyrrole nitrogens is 1. The molecule has 1 aliphatic heterocycles. The SMILES string of the molecule is O=C(NCc1n[nH]c(=S)n1Cc1ccccc1)c1ccc(S(=O)(=O)N2CCCC2)cc1. The molecule has 1 fully saturated rings. The van der Waals surface area contributed by atoms with Crippen molar-refractivity contribution in [2.75, 3.05) is 13.1 Å². The van der Waals surface area contributed by atoms with Crippen molar-refractivity contribution in [2.45, 2.75) is 30.8 Å². The van der Waals surface area contributed by atoms with E-state index in [4.69, 9.17) is 12.2 Å². The molecule has 8 nitrogen and oxygen atoms in total. The van der Waals surface area contributed by atoms with Crippen LogP contribution in [0, 0.1) is 4.77 Å². The molecule has 31 heavy (non-hydrogen) atoms. The van der Waals surface area contributed by atoms with Gasteiger partial charge in [0.2, 0.25) is 10.0 Å². The lowest BCUT2D eigenvalue weighted by atomic mass is 10.2. The lowest BCUT2D eigenvalue weighted by molar-refractivity contribution is 0.0949. The monoisotopic (exact) mass is 457 g/mol. The number of amides is 1. The molecule has 2 aromatic carbocycles. The van der Waals surface area contributed by atoms with Crippen LogP contribution in [0.25, 0.3) is 0 Å². The number of hydrogen-bond donors (Lipinski definition) is 2. The second-order valence-corrected chi connectivity index (χ2v) is 9.66. The number of aromatic nitrogens is 3. The Bertz CT molecular complexity index is 1210. The van der Waals surface area contributed by atoms with E-state index < -0.39 is 10.0 Å². The number of nitrogens with one attached hydrogen (secondary N) is 2. The third-order valence-electron chi connectivity index (χ3n) is 5.25. The topological polar surface area (TPSA) is 100 Å². The number of hydrogen-bond acceptors (Lipinski definition) is 5. The fraction of sp³-hybridized carbons (Fsp3) is 0.286. The van der Waals surface area contributed by atoms with E-state index in [1.165, 1.54) is 28.6 Å². The highest BCUT2D eigenvalue weighted by Crippen LogP contribution is 2.21. The van der Waals surface area contributed by atoms with Gasteiger partial charge < -0.3 is 5.32 Å². The second-order valence-electron chi connectivity index (χ2n) is 7.33. The molecule has 0 saturated carbocycles. The van der Waals surface area contributed by atoms with E-state index in [1.54, 1.807) is 0 Å². The molecule has 1 saturated heterocycles. The Kier molecular flexibility index (Phi) is 6.30. The quantitative estimate of drug-likeness (QED) is 0.532. The third-order valence-corrected chi connectivity index (χ3v) is 7.47. The van der Waals surface area contributed by atoms with Crippen LogP contribution in [0.2, 0.25) is 0 Å². The first kappa shape index (κ1) is 21.4. The summed E-state index contributed by atoms with van der Waals surface area (Å²) >= 11 is 5.31. The highest BCUT2D eigenvalue weighted by Gasteiger charge is 2.27. The number of nitrogens with zero attached hydrogens (tertiary/aromatic N) is 3. The van der Waals surface area contributed by atoms with Crippen LogP contribution < -0.4 is 5.32 Å². The van der Waals surface area contributed by atoms with Crippen LogP contribution in [0.1, 0.15) is 34.6 Å². The first-order valence-electron chi connectivity index (χ1n) is 10.0. The summed E-state index contributed by atoms with van der Waals surface area (Å²) in [5, 5.41) is 9.80. The molecule has 0 aliphatic carbocycles. The zero-order valence-electron chi connectivity index (χ0n) is 16.8. The summed E-state index contributed by atoms with van der Waals surface area (Å²) in [7, 11) is -3.50. The van der Waals surface area contributed by atoms with Crippen molar-refractivity contribution in [1.29, 1.82) is 0 Å². The summed E-state index contributed by atoms with van der Waals surface area (Å²) in [6.45, 7) is 1.82. The Morgan fingerprint density at radius 2 is 1.74 bits per heavy atom. The van der Waals surface area contributed by atoms with Crippen molar-refractivity contribution < 1.29 is 13.2 Å². The highest BCUT2D eigenvalue weighted by atomic mass is 32.2. The molecule has 1 aliphatic rings. The zero-order chi connectivity index (χ0) is 21.8. The van der Waals surface area contributed by atoms with Crippen LogP contribution in [-0.4, -0.2) is 46.5 Å². The van der Waals surface area contributed by atoms with Gasteiger partial charge in [-0.3, -0.25) is 14.5 Å². The number of benzene rings is 2. The first-order chi connectivity index (χ1) is 14.9. The van der Waals surface area contributed by atoms with Crippen LogP contribution in [-0.2, 0) is 23.1 Å². The molecule has 162 valence electrons. The van der Waals surface area contributed by atoms with Gasteiger partial charge >= 0.3 is 0 Å². The van der Waals surface area contributed by atoms with Crippen molar-refractivity contribution in [1.82, 2.24) is 24.4 Å². The van der Waals surface area contributed by atoms with Crippen LogP contribution in [0.5, 0.6) is 0 Å². The van der Waals surface area contributed by atoms with E-state index in [1.807, 2.05) is 34.9 Å². The van der Waals surface area contributed by atoms with Gasteiger partial charge in [-0.15, -0.1) is 0 Å². The molecule has 10 heteroatoms. The molecule has 0 radical (unpaired) electrons. The summed E-state index contributed by atoms with van der Waals surface area (Å²) in [6.07, 6.45) is 1.76. The van der Waals surface area contributed by atoms with Crippen molar-refractivity contribution in [3.05, 3.63) is 76.3 Å². The van der Waals surface area contributed by atoms with Gasteiger partial charge in [-0.25, -0.2) is 8.42 Å². The van der Waals surface area contributed by atoms with Gasteiger partial charge in [-0.05, 0) is 54.9 Å². The molecule has 2 heterocycles. The minimum absolute atomic E-state index is 0.187.